The molecule has 0 aliphatic carbocycles. The largest absolute Gasteiger partial charge is 0.396 e. The van der Waals surface area contributed by atoms with Gasteiger partial charge < -0.3 is 15.1 Å². The van der Waals surface area contributed by atoms with Crippen LogP contribution in [0.2, 0.25) is 0 Å². The third kappa shape index (κ3) is 4.96. The molecular weight excluding hydrogens is 190 g/mol. The lowest BCUT2D eigenvalue weighted by Crippen LogP contribution is -2.43. The summed E-state index contributed by atoms with van der Waals surface area (Å²) < 4.78 is 0. The van der Waals surface area contributed by atoms with E-state index >= 15 is 0 Å². The first-order valence-electron chi connectivity index (χ1n) is 6.25. The first kappa shape index (κ1) is 12.9. The first-order valence-corrected chi connectivity index (χ1v) is 6.25. The zero-order chi connectivity index (χ0) is 11.1. The molecule has 3 nitrogen and oxygen atoms in total. The summed E-state index contributed by atoms with van der Waals surface area (Å²) in [6.07, 6.45) is 5.45. The fourth-order valence-electron chi connectivity index (χ4n) is 2.12. The van der Waals surface area contributed by atoms with Crippen molar-refractivity contribution in [2.75, 3.05) is 26.2 Å². The van der Waals surface area contributed by atoms with Gasteiger partial charge >= 0.3 is 0 Å². The van der Waals surface area contributed by atoms with Crippen LogP contribution in [0.25, 0.3) is 0 Å². The smallest absolute Gasteiger partial charge is 0.0693 e. The summed E-state index contributed by atoms with van der Waals surface area (Å²) in [6.45, 7) is 5.54. The van der Waals surface area contributed by atoms with Gasteiger partial charge in [-0.25, -0.2) is 0 Å². The average Bonchev–Trinajstić information content (AvgIpc) is 2.23. The molecule has 0 bridgehead atoms. The van der Waals surface area contributed by atoms with Crippen LogP contribution in [-0.2, 0) is 0 Å². The highest BCUT2D eigenvalue weighted by Gasteiger charge is 2.23. The fraction of sp³-hybridized carbons (Fsp3) is 1.00. The van der Waals surface area contributed by atoms with Gasteiger partial charge in [0.05, 0.1) is 6.10 Å². The Morgan fingerprint density at radius 1 is 1.20 bits per heavy atom. The van der Waals surface area contributed by atoms with Gasteiger partial charge in [-0.2, -0.15) is 0 Å². The Morgan fingerprint density at radius 3 is 2.60 bits per heavy atom. The molecule has 0 aromatic rings. The highest BCUT2D eigenvalue weighted by Crippen LogP contribution is 2.17. The second kappa shape index (κ2) is 7.20. The minimum absolute atomic E-state index is 0.129. The molecule has 1 saturated heterocycles. The summed E-state index contributed by atoms with van der Waals surface area (Å²) in [6, 6.07) is 0. The second-order valence-electron chi connectivity index (χ2n) is 4.77. The molecule has 0 amide bonds. The van der Waals surface area contributed by atoms with Gasteiger partial charge in [0.2, 0.25) is 0 Å². The van der Waals surface area contributed by atoms with Gasteiger partial charge in [-0.1, -0.05) is 19.8 Å². The van der Waals surface area contributed by atoms with E-state index in [1.807, 2.05) is 0 Å². The van der Waals surface area contributed by atoms with Crippen LogP contribution in [0.1, 0.15) is 39.0 Å². The number of hydrogen-bond acceptors (Lipinski definition) is 3. The van der Waals surface area contributed by atoms with E-state index in [4.69, 9.17) is 5.11 Å². The van der Waals surface area contributed by atoms with Crippen LogP contribution in [0.5, 0.6) is 0 Å². The van der Waals surface area contributed by atoms with Gasteiger partial charge in [0.25, 0.3) is 0 Å². The van der Waals surface area contributed by atoms with Crippen molar-refractivity contribution in [3.8, 4) is 0 Å². The maximum absolute atomic E-state index is 9.71. The van der Waals surface area contributed by atoms with Gasteiger partial charge in [0.1, 0.15) is 0 Å². The van der Waals surface area contributed by atoms with Crippen LogP contribution >= 0.6 is 0 Å². The van der Waals surface area contributed by atoms with Gasteiger partial charge in [-0.15, -0.1) is 0 Å². The van der Waals surface area contributed by atoms with Crippen molar-refractivity contribution < 1.29 is 10.2 Å². The minimum Gasteiger partial charge on any atom is -0.396 e. The molecule has 0 spiro atoms. The highest BCUT2D eigenvalue weighted by molar-refractivity contribution is 4.76. The molecule has 1 aliphatic rings. The third-order valence-corrected chi connectivity index (χ3v) is 3.39. The van der Waals surface area contributed by atoms with Gasteiger partial charge in [0.15, 0.2) is 0 Å². The molecule has 3 heteroatoms. The number of aliphatic hydroxyl groups is 2. The molecule has 0 radical (unpaired) electrons. The highest BCUT2D eigenvalue weighted by atomic mass is 16.3. The van der Waals surface area contributed by atoms with Gasteiger partial charge in [0, 0.05) is 13.2 Å². The Morgan fingerprint density at radius 2 is 1.93 bits per heavy atom. The summed E-state index contributed by atoms with van der Waals surface area (Å²) in [4.78, 5) is 2.36. The van der Waals surface area contributed by atoms with E-state index in [0.717, 1.165) is 38.9 Å². The number of aliphatic hydroxyl groups excluding tert-OH is 2. The van der Waals surface area contributed by atoms with E-state index in [1.165, 1.54) is 12.8 Å². The topological polar surface area (TPSA) is 43.7 Å². The molecule has 0 aromatic carbocycles. The Bertz CT molecular complexity index is 164. The molecule has 0 aromatic heterocycles. The molecule has 1 rings (SSSR count). The lowest BCUT2D eigenvalue weighted by atomic mass is 9.96. The Balaban J connectivity index is 2.02. The molecule has 0 saturated carbocycles. The molecule has 90 valence electrons. The van der Waals surface area contributed by atoms with Crippen LogP contribution in [0.15, 0.2) is 0 Å². The number of rotatable bonds is 6. The summed E-state index contributed by atoms with van der Waals surface area (Å²) in [5.41, 5.74) is 0. The van der Waals surface area contributed by atoms with Crippen molar-refractivity contribution in [3.63, 3.8) is 0 Å². The fourth-order valence-corrected chi connectivity index (χ4v) is 2.12. The van der Waals surface area contributed by atoms with E-state index in [1.54, 1.807) is 0 Å². The zero-order valence-electron chi connectivity index (χ0n) is 9.86. The Labute approximate surface area is 93.1 Å². The van der Waals surface area contributed by atoms with Crippen LogP contribution in [0.3, 0.4) is 0 Å². The number of β-amino-alcohol motifs (C(OH)–C–C–N with tert-alkyl or cyclic N) is 1. The number of unbranched alkanes of at least 4 members (excludes halogenated alkanes) is 3. The van der Waals surface area contributed by atoms with Crippen molar-refractivity contribution in [1.29, 1.82) is 0 Å². The second-order valence-corrected chi connectivity index (χ2v) is 4.77. The lowest BCUT2D eigenvalue weighted by molar-refractivity contribution is 0.0286. The maximum atomic E-state index is 9.71. The quantitative estimate of drug-likeness (QED) is 0.655. The summed E-state index contributed by atoms with van der Waals surface area (Å²) in [5.74, 6) is 0.468. The third-order valence-electron chi connectivity index (χ3n) is 3.39. The van der Waals surface area contributed by atoms with E-state index in [9.17, 15) is 5.11 Å². The predicted octanol–water partition coefficient (Wildman–Crippen LogP) is 1.24. The molecule has 15 heavy (non-hydrogen) atoms. The van der Waals surface area contributed by atoms with E-state index in [0.29, 0.717) is 12.5 Å². The summed E-state index contributed by atoms with van der Waals surface area (Å²) >= 11 is 0. The SMILES string of the molecule is CC1CCN(CCCCCCO)CC1O. The molecule has 1 fully saturated rings. The molecule has 2 N–H and O–H groups in total. The lowest BCUT2D eigenvalue weighted by Gasteiger charge is -2.34. The molecular formula is C12H25NO2. The minimum atomic E-state index is -0.129. The van der Waals surface area contributed by atoms with Crippen molar-refractivity contribution in [3.05, 3.63) is 0 Å². The van der Waals surface area contributed by atoms with E-state index in [2.05, 4.69) is 11.8 Å². The summed E-state index contributed by atoms with van der Waals surface area (Å²) in [5, 5.41) is 18.3. The molecule has 2 unspecified atom stereocenters. The van der Waals surface area contributed by atoms with Crippen LogP contribution in [0, 0.1) is 5.92 Å². The van der Waals surface area contributed by atoms with Crippen LogP contribution in [-0.4, -0.2) is 47.5 Å². The van der Waals surface area contributed by atoms with Crippen molar-refractivity contribution >= 4 is 0 Å². The molecule has 1 aliphatic heterocycles. The molecule has 2 atom stereocenters. The van der Waals surface area contributed by atoms with E-state index < -0.39 is 0 Å². The Kier molecular flexibility index (Phi) is 6.22. The normalized spacial score (nSPS) is 28.2. The first-order chi connectivity index (χ1) is 7.24. The molecule has 1 heterocycles. The zero-order valence-corrected chi connectivity index (χ0v) is 9.86. The predicted molar refractivity (Wildman–Crippen MR) is 61.8 cm³/mol. The van der Waals surface area contributed by atoms with E-state index in [-0.39, 0.29) is 6.10 Å². The van der Waals surface area contributed by atoms with Crippen molar-refractivity contribution in [2.45, 2.75) is 45.1 Å². The maximum Gasteiger partial charge on any atom is 0.0693 e. The van der Waals surface area contributed by atoms with Gasteiger partial charge in [-0.05, 0) is 38.3 Å². The van der Waals surface area contributed by atoms with Crippen molar-refractivity contribution in [1.82, 2.24) is 4.90 Å². The Hall–Kier alpha value is -0.120. The number of nitrogens with zero attached hydrogens (tertiary/aromatic N) is 1. The van der Waals surface area contributed by atoms with Crippen LogP contribution in [0.4, 0.5) is 0 Å². The number of likely N-dealkylation sites (tertiary alicyclic amines) is 1. The van der Waals surface area contributed by atoms with Gasteiger partial charge in [-0.3, -0.25) is 0 Å². The standard InChI is InChI=1S/C12H25NO2/c1-11-6-8-13(10-12(11)15)7-4-2-3-5-9-14/h11-12,14-15H,2-10H2,1H3. The van der Waals surface area contributed by atoms with Crippen molar-refractivity contribution in [2.24, 2.45) is 5.92 Å². The average molecular weight is 215 g/mol. The number of hydrogen-bond donors (Lipinski definition) is 2. The van der Waals surface area contributed by atoms with Crippen LogP contribution < -0.4 is 0 Å². The monoisotopic (exact) mass is 215 g/mol. The summed E-state index contributed by atoms with van der Waals surface area (Å²) in [7, 11) is 0. The number of piperidine rings is 1.